The van der Waals surface area contributed by atoms with Gasteiger partial charge in [-0.3, -0.25) is 9.69 Å². The van der Waals surface area contributed by atoms with Crippen LogP contribution in [0.5, 0.6) is 0 Å². The average molecular weight is 247 g/mol. The van der Waals surface area contributed by atoms with Gasteiger partial charge in [0.25, 0.3) is 0 Å². The minimum atomic E-state index is -3.00. The topological polar surface area (TPSA) is 106 Å². The van der Waals surface area contributed by atoms with E-state index in [1.165, 1.54) is 0 Å². The normalized spacial score (nSPS) is 38.9. The highest BCUT2D eigenvalue weighted by atomic mass is 32.2. The van der Waals surface area contributed by atoms with E-state index in [9.17, 15) is 13.2 Å². The van der Waals surface area contributed by atoms with Crippen molar-refractivity contribution in [2.45, 2.75) is 18.5 Å². The van der Waals surface area contributed by atoms with Crippen molar-refractivity contribution in [1.82, 2.24) is 4.90 Å². The molecule has 16 heavy (non-hydrogen) atoms. The van der Waals surface area contributed by atoms with Crippen LogP contribution < -0.4 is 11.5 Å². The first-order chi connectivity index (χ1) is 7.39. The number of likely N-dealkylation sites (tertiary alicyclic amines) is 1. The van der Waals surface area contributed by atoms with Gasteiger partial charge in [-0.05, 0) is 13.0 Å². The van der Waals surface area contributed by atoms with E-state index in [1.807, 2.05) is 4.90 Å². The standard InChI is InChI=1S/C9H17N3O3S/c10-7-4-16(14,15)5-8(7)12-2-1-6(3-12)9(11)13/h6-8H,1-5,10H2,(H2,11,13). The third-order valence-electron chi connectivity index (χ3n) is 3.46. The van der Waals surface area contributed by atoms with Crippen LogP contribution in [0.15, 0.2) is 0 Å². The molecule has 3 unspecified atom stereocenters. The summed E-state index contributed by atoms with van der Waals surface area (Å²) in [6.45, 7) is 1.25. The van der Waals surface area contributed by atoms with Gasteiger partial charge < -0.3 is 11.5 Å². The molecule has 0 bridgehead atoms. The Morgan fingerprint density at radius 1 is 1.31 bits per heavy atom. The largest absolute Gasteiger partial charge is 0.369 e. The first-order valence-corrected chi connectivity index (χ1v) is 7.20. The Kier molecular flexibility index (Phi) is 2.93. The molecule has 0 aliphatic carbocycles. The van der Waals surface area contributed by atoms with E-state index < -0.39 is 9.84 Å². The SMILES string of the molecule is NC(=O)C1CCN(C2CS(=O)(=O)CC2N)C1. The maximum Gasteiger partial charge on any atom is 0.221 e. The highest BCUT2D eigenvalue weighted by molar-refractivity contribution is 7.91. The Balaban J connectivity index is 2.03. The summed E-state index contributed by atoms with van der Waals surface area (Å²) in [6, 6.07) is -0.481. The quantitative estimate of drug-likeness (QED) is 0.582. The van der Waals surface area contributed by atoms with E-state index in [1.54, 1.807) is 0 Å². The van der Waals surface area contributed by atoms with Crippen molar-refractivity contribution in [3.05, 3.63) is 0 Å². The zero-order valence-corrected chi connectivity index (χ0v) is 9.82. The minimum Gasteiger partial charge on any atom is -0.369 e. The van der Waals surface area contributed by atoms with Crippen LogP contribution >= 0.6 is 0 Å². The van der Waals surface area contributed by atoms with E-state index in [-0.39, 0.29) is 35.4 Å². The van der Waals surface area contributed by atoms with E-state index >= 15 is 0 Å². The molecule has 0 aromatic heterocycles. The number of carbonyl (C=O) groups excluding carboxylic acids is 1. The third kappa shape index (κ3) is 2.21. The molecule has 0 aromatic rings. The summed E-state index contributed by atoms with van der Waals surface area (Å²) >= 11 is 0. The lowest BCUT2D eigenvalue weighted by Crippen LogP contribution is -2.46. The third-order valence-corrected chi connectivity index (χ3v) is 5.20. The maximum absolute atomic E-state index is 11.4. The zero-order chi connectivity index (χ0) is 11.9. The molecule has 2 fully saturated rings. The second kappa shape index (κ2) is 3.97. The molecule has 2 rings (SSSR count). The molecule has 7 heteroatoms. The number of nitrogens with two attached hydrogens (primary N) is 2. The van der Waals surface area contributed by atoms with Gasteiger partial charge in [0.2, 0.25) is 5.91 Å². The molecule has 2 aliphatic rings. The van der Waals surface area contributed by atoms with Gasteiger partial charge in [-0.2, -0.15) is 0 Å². The van der Waals surface area contributed by atoms with Crippen LogP contribution in [-0.2, 0) is 14.6 Å². The lowest BCUT2D eigenvalue weighted by molar-refractivity contribution is -0.121. The lowest BCUT2D eigenvalue weighted by atomic mass is 10.1. The summed E-state index contributed by atoms with van der Waals surface area (Å²) in [5, 5.41) is 0. The molecule has 0 saturated carbocycles. The Bertz CT molecular complexity index is 395. The van der Waals surface area contributed by atoms with Crippen LogP contribution in [0, 0.1) is 5.92 Å². The molecule has 1 amide bonds. The molecule has 0 radical (unpaired) electrons. The summed E-state index contributed by atoms with van der Waals surface area (Å²) in [6.07, 6.45) is 0.707. The molecule has 92 valence electrons. The summed E-state index contributed by atoms with van der Waals surface area (Å²) < 4.78 is 22.9. The fourth-order valence-electron chi connectivity index (χ4n) is 2.55. The van der Waals surface area contributed by atoms with Crippen molar-refractivity contribution in [1.29, 1.82) is 0 Å². The van der Waals surface area contributed by atoms with Gasteiger partial charge >= 0.3 is 0 Å². The number of amides is 1. The minimum absolute atomic E-state index is 0.0510. The molecule has 2 saturated heterocycles. The molecular formula is C9H17N3O3S. The van der Waals surface area contributed by atoms with Crippen LogP contribution in [0.2, 0.25) is 0 Å². The number of hydrogen-bond donors (Lipinski definition) is 2. The molecule has 2 aliphatic heterocycles. The summed E-state index contributed by atoms with van der Waals surface area (Å²) in [4.78, 5) is 13.0. The molecule has 0 aromatic carbocycles. The number of carbonyl (C=O) groups is 1. The summed E-state index contributed by atoms with van der Waals surface area (Å²) in [5.74, 6) is -0.304. The summed E-state index contributed by atoms with van der Waals surface area (Å²) in [5.41, 5.74) is 11.1. The van der Waals surface area contributed by atoms with E-state index in [4.69, 9.17) is 11.5 Å². The van der Waals surface area contributed by atoms with Gasteiger partial charge in [0, 0.05) is 18.6 Å². The number of nitrogens with zero attached hydrogens (tertiary/aromatic N) is 1. The smallest absolute Gasteiger partial charge is 0.221 e. The van der Waals surface area contributed by atoms with Gasteiger partial charge in [0.1, 0.15) is 0 Å². The Hall–Kier alpha value is -0.660. The number of rotatable bonds is 2. The highest BCUT2D eigenvalue weighted by Crippen LogP contribution is 2.24. The average Bonchev–Trinajstić information content (AvgIpc) is 2.69. The van der Waals surface area contributed by atoms with Gasteiger partial charge in [-0.15, -0.1) is 0 Å². The monoisotopic (exact) mass is 247 g/mol. The number of primary amides is 1. The van der Waals surface area contributed by atoms with Crippen LogP contribution in [0.4, 0.5) is 0 Å². The molecule has 3 atom stereocenters. The molecular weight excluding hydrogens is 230 g/mol. The number of hydrogen-bond acceptors (Lipinski definition) is 5. The van der Waals surface area contributed by atoms with Crippen LogP contribution in [0.25, 0.3) is 0 Å². The van der Waals surface area contributed by atoms with E-state index in [2.05, 4.69) is 0 Å². The fourth-order valence-corrected chi connectivity index (χ4v) is 4.48. The van der Waals surface area contributed by atoms with Crippen molar-refractivity contribution in [2.24, 2.45) is 17.4 Å². The van der Waals surface area contributed by atoms with Gasteiger partial charge in [-0.25, -0.2) is 8.42 Å². The first-order valence-electron chi connectivity index (χ1n) is 5.38. The molecule has 6 nitrogen and oxygen atoms in total. The van der Waals surface area contributed by atoms with Gasteiger partial charge in [0.05, 0.1) is 17.4 Å². The second-order valence-electron chi connectivity index (χ2n) is 4.69. The van der Waals surface area contributed by atoms with E-state index in [0.29, 0.717) is 19.5 Å². The van der Waals surface area contributed by atoms with Crippen LogP contribution in [0.1, 0.15) is 6.42 Å². The maximum atomic E-state index is 11.4. The van der Waals surface area contributed by atoms with Crippen molar-refractivity contribution in [2.75, 3.05) is 24.6 Å². The van der Waals surface area contributed by atoms with E-state index in [0.717, 1.165) is 0 Å². The zero-order valence-electron chi connectivity index (χ0n) is 9.00. The van der Waals surface area contributed by atoms with Crippen molar-refractivity contribution in [3.63, 3.8) is 0 Å². The molecule has 2 heterocycles. The number of sulfone groups is 1. The predicted octanol–water partition coefficient (Wildman–Crippen LogP) is -2.08. The van der Waals surface area contributed by atoms with Crippen LogP contribution in [-0.4, -0.2) is 55.9 Å². The van der Waals surface area contributed by atoms with Crippen LogP contribution in [0.3, 0.4) is 0 Å². The Morgan fingerprint density at radius 2 is 2.00 bits per heavy atom. The first kappa shape index (κ1) is 11.8. The van der Waals surface area contributed by atoms with Gasteiger partial charge in [0.15, 0.2) is 9.84 Å². The Morgan fingerprint density at radius 3 is 2.44 bits per heavy atom. The molecule has 0 spiro atoms. The summed E-state index contributed by atoms with van der Waals surface area (Å²) in [7, 11) is -3.00. The second-order valence-corrected chi connectivity index (χ2v) is 6.84. The van der Waals surface area contributed by atoms with Crippen molar-refractivity contribution < 1.29 is 13.2 Å². The molecule has 4 N–H and O–H groups in total. The Labute approximate surface area is 94.9 Å². The lowest BCUT2D eigenvalue weighted by Gasteiger charge is -2.25. The fraction of sp³-hybridized carbons (Fsp3) is 0.889. The van der Waals surface area contributed by atoms with Crippen molar-refractivity contribution in [3.8, 4) is 0 Å². The highest BCUT2D eigenvalue weighted by Gasteiger charge is 2.41. The van der Waals surface area contributed by atoms with Gasteiger partial charge in [-0.1, -0.05) is 0 Å². The predicted molar refractivity (Wildman–Crippen MR) is 59.3 cm³/mol. The van der Waals surface area contributed by atoms with Crippen molar-refractivity contribution >= 4 is 15.7 Å².